The molecule has 0 amide bonds. The molecule has 156 valence electrons. The first-order chi connectivity index (χ1) is 15.0. The van der Waals surface area contributed by atoms with Crippen LogP contribution >= 0.6 is 0 Å². The fourth-order valence-corrected chi connectivity index (χ4v) is 3.47. The van der Waals surface area contributed by atoms with Gasteiger partial charge in [0, 0.05) is 5.39 Å². The predicted molar refractivity (Wildman–Crippen MR) is 121 cm³/mol. The van der Waals surface area contributed by atoms with E-state index in [2.05, 4.69) is 18.9 Å². The number of esters is 1. The van der Waals surface area contributed by atoms with Crippen LogP contribution in [-0.4, -0.2) is 15.7 Å². The molecule has 0 spiro atoms. The van der Waals surface area contributed by atoms with Crippen molar-refractivity contribution >= 4 is 16.7 Å². The predicted octanol–water partition coefficient (Wildman–Crippen LogP) is 4.93. The summed E-state index contributed by atoms with van der Waals surface area (Å²) in [5, 5.41) is 5.32. The highest BCUT2D eigenvalue weighted by atomic mass is 16.5. The van der Waals surface area contributed by atoms with E-state index < -0.39 is 5.97 Å². The van der Waals surface area contributed by atoms with Gasteiger partial charge in [-0.25, -0.2) is 9.48 Å². The molecular weight excluding hydrogens is 388 g/mol. The normalized spacial score (nSPS) is 11.1. The largest absolute Gasteiger partial charge is 0.456 e. The minimum absolute atomic E-state index is 0.143. The van der Waals surface area contributed by atoms with Gasteiger partial charge in [0.25, 0.3) is 5.56 Å². The Labute approximate surface area is 180 Å². The van der Waals surface area contributed by atoms with E-state index in [1.807, 2.05) is 54.6 Å². The van der Waals surface area contributed by atoms with Crippen LogP contribution in [0.5, 0.6) is 0 Å². The van der Waals surface area contributed by atoms with Crippen molar-refractivity contribution in [1.82, 2.24) is 9.78 Å². The molecule has 0 bridgehead atoms. The molecule has 0 aliphatic heterocycles. The molecule has 1 heterocycles. The van der Waals surface area contributed by atoms with Crippen molar-refractivity contribution in [3.8, 4) is 0 Å². The summed E-state index contributed by atoms with van der Waals surface area (Å²) in [7, 11) is 0. The van der Waals surface area contributed by atoms with Crippen LogP contribution in [0.3, 0.4) is 0 Å². The average molecular weight is 412 g/mol. The monoisotopic (exact) mass is 412 g/mol. The van der Waals surface area contributed by atoms with E-state index in [0.29, 0.717) is 16.7 Å². The highest BCUT2D eigenvalue weighted by Crippen LogP contribution is 2.17. The minimum atomic E-state index is -0.550. The molecule has 5 nitrogen and oxygen atoms in total. The van der Waals surface area contributed by atoms with E-state index in [1.165, 1.54) is 10.2 Å². The number of carbonyl (C=O) groups excluding carboxylic acids is 1. The first kappa shape index (κ1) is 20.5. The molecule has 5 heteroatoms. The Morgan fingerprint density at radius 3 is 2.19 bits per heavy atom. The second kappa shape index (κ2) is 8.96. The number of aromatic nitrogens is 2. The zero-order valence-corrected chi connectivity index (χ0v) is 17.6. The SMILES string of the molecule is CC(C)c1ccc(COC(=O)c2nn(Cc3ccccc3)c(=O)c3ccccc23)cc1. The Bertz CT molecular complexity index is 1260. The van der Waals surface area contributed by atoms with Crippen LogP contribution in [0.2, 0.25) is 0 Å². The van der Waals surface area contributed by atoms with Gasteiger partial charge >= 0.3 is 5.97 Å². The van der Waals surface area contributed by atoms with E-state index in [1.54, 1.807) is 24.3 Å². The zero-order valence-electron chi connectivity index (χ0n) is 17.6. The first-order valence-corrected chi connectivity index (χ1v) is 10.3. The number of rotatable bonds is 6. The number of ether oxygens (including phenoxy) is 1. The Hall–Kier alpha value is -3.73. The zero-order chi connectivity index (χ0) is 21.8. The number of hydrogen-bond donors (Lipinski definition) is 0. The molecule has 4 rings (SSSR count). The van der Waals surface area contributed by atoms with Crippen LogP contribution in [0, 0.1) is 0 Å². The molecule has 0 radical (unpaired) electrons. The molecule has 31 heavy (non-hydrogen) atoms. The number of hydrogen-bond acceptors (Lipinski definition) is 4. The molecule has 0 unspecified atom stereocenters. The van der Waals surface area contributed by atoms with E-state index in [4.69, 9.17) is 4.74 Å². The Kier molecular flexibility index (Phi) is 5.94. The van der Waals surface area contributed by atoms with Gasteiger partial charge in [0.1, 0.15) is 6.61 Å². The highest BCUT2D eigenvalue weighted by Gasteiger charge is 2.18. The molecule has 3 aromatic carbocycles. The summed E-state index contributed by atoms with van der Waals surface area (Å²) in [5.41, 5.74) is 2.97. The summed E-state index contributed by atoms with van der Waals surface area (Å²) in [4.78, 5) is 25.8. The molecule has 0 atom stereocenters. The topological polar surface area (TPSA) is 61.2 Å². The summed E-state index contributed by atoms with van der Waals surface area (Å²) in [6, 6.07) is 24.6. The van der Waals surface area contributed by atoms with Gasteiger partial charge in [-0.05, 0) is 28.7 Å². The molecule has 0 aliphatic carbocycles. The van der Waals surface area contributed by atoms with Crippen molar-refractivity contribution in [2.45, 2.75) is 32.9 Å². The average Bonchev–Trinajstić information content (AvgIpc) is 2.80. The van der Waals surface area contributed by atoms with E-state index in [-0.39, 0.29) is 24.4 Å². The van der Waals surface area contributed by atoms with E-state index >= 15 is 0 Å². The summed E-state index contributed by atoms with van der Waals surface area (Å²) in [6.45, 7) is 4.69. The van der Waals surface area contributed by atoms with Gasteiger partial charge < -0.3 is 4.74 Å². The van der Waals surface area contributed by atoms with Crippen LogP contribution in [0.1, 0.15) is 46.9 Å². The Morgan fingerprint density at radius 1 is 0.871 bits per heavy atom. The summed E-state index contributed by atoms with van der Waals surface area (Å²) < 4.78 is 6.88. The van der Waals surface area contributed by atoms with Crippen molar-refractivity contribution in [1.29, 1.82) is 0 Å². The molecule has 0 saturated carbocycles. The number of carbonyl (C=O) groups is 1. The third-order valence-electron chi connectivity index (χ3n) is 5.25. The number of benzene rings is 3. The quantitative estimate of drug-likeness (QED) is 0.422. The lowest BCUT2D eigenvalue weighted by atomic mass is 10.0. The number of nitrogens with zero attached hydrogens (tertiary/aromatic N) is 2. The molecule has 0 aliphatic rings. The van der Waals surface area contributed by atoms with Crippen molar-refractivity contribution in [2.75, 3.05) is 0 Å². The third kappa shape index (κ3) is 4.56. The molecule has 0 N–H and O–H groups in total. The lowest BCUT2D eigenvalue weighted by Gasteiger charge is -2.11. The maximum atomic E-state index is 12.9. The van der Waals surface area contributed by atoms with Crippen LogP contribution in [-0.2, 0) is 17.9 Å². The van der Waals surface area contributed by atoms with Crippen LogP contribution < -0.4 is 5.56 Å². The van der Waals surface area contributed by atoms with Gasteiger partial charge in [-0.3, -0.25) is 4.79 Å². The second-order valence-electron chi connectivity index (χ2n) is 7.82. The van der Waals surface area contributed by atoms with Crippen molar-refractivity contribution in [2.24, 2.45) is 0 Å². The van der Waals surface area contributed by atoms with E-state index in [9.17, 15) is 9.59 Å². The van der Waals surface area contributed by atoms with Gasteiger partial charge in [0.05, 0.1) is 11.9 Å². The summed E-state index contributed by atoms with van der Waals surface area (Å²) in [5.74, 6) is -0.108. The smallest absolute Gasteiger partial charge is 0.359 e. The lowest BCUT2D eigenvalue weighted by molar-refractivity contribution is 0.0465. The van der Waals surface area contributed by atoms with Crippen LogP contribution in [0.4, 0.5) is 0 Å². The molecule has 0 fully saturated rings. The van der Waals surface area contributed by atoms with Crippen molar-refractivity contribution in [3.63, 3.8) is 0 Å². The van der Waals surface area contributed by atoms with E-state index in [0.717, 1.165) is 11.1 Å². The number of fused-ring (bicyclic) bond motifs is 1. The van der Waals surface area contributed by atoms with Gasteiger partial charge in [-0.2, -0.15) is 5.10 Å². The molecular formula is C26H24N2O3. The van der Waals surface area contributed by atoms with Crippen LogP contribution in [0.15, 0.2) is 83.7 Å². The minimum Gasteiger partial charge on any atom is -0.456 e. The third-order valence-corrected chi connectivity index (χ3v) is 5.25. The van der Waals surface area contributed by atoms with Gasteiger partial charge in [-0.1, -0.05) is 86.6 Å². The van der Waals surface area contributed by atoms with Gasteiger partial charge in [-0.15, -0.1) is 0 Å². The molecule has 0 saturated heterocycles. The summed E-state index contributed by atoms with van der Waals surface area (Å²) in [6.07, 6.45) is 0. The van der Waals surface area contributed by atoms with Gasteiger partial charge in [0.2, 0.25) is 0 Å². The summed E-state index contributed by atoms with van der Waals surface area (Å²) >= 11 is 0. The molecule has 1 aromatic heterocycles. The second-order valence-corrected chi connectivity index (χ2v) is 7.82. The van der Waals surface area contributed by atoms with Crippen molar-refractivity contribution in [3.05, 3.63) is 112 Å². The van der Waals surface area contributed by atoms with Gasteiger partial charge in [0.15, 0.2) is 5.69 Å². The highest BCUT2D eigenvalue weighted by molar-refractivity contribution is 6.02. The standard InChI is InChI=1S/C26H24N2O3/c1-18(2)21-14-12-20(13-15-21)17-31-26(30)24-22-10-6-7-11-23(22)25(29)28(27-24)16-19-8-4-3-5-9-19/h3-15,18H,16-17H2,1-2H3. The van der Waals surface area contributed by atoms with Crippen molar-refractivity contribution < 1.29 is 9.53 Å². The molecule has 4 aromatic rings. The fourth-order valence-electron chi connectivity index (χ4n) is 3.47. The van der Waals surface area contributed by atoms with Crippen LogP contribution in [0.25, 0.3) is 10.8 Å². The maximum Gasteiger partial charge on any atom is 0.359 e. The first-order valence-electron chi connectivity index (χ1n) is 10.3. The lowest BCUT2D eigenvalue weighted by Crippen LogP contribution is -2.27. The Balaban J connectivity index is 1.63. The Morgan fingerprint density at radius 2 is 1.52 bits per heavy atom. The maximum absolute atomic E-state index is 12.9. The fraction of sp³-hybridized carbons (Fsp3) is 0.192.